The zero-order chi connectivity index (χ0) is 9.72. The third kappa shape index (κ3) is 2.23. The highest BCUT2D eigenvalue weighted by atomic mass is 35.5. The third-order valence-electron chi connectivity index (χ3n) is 1.21. The standard InChI is InChI=1S/C5H6ClN3O.C2H6/c1-2-3(7)5(10)9-8-4(2)6;1-2/h1H3,(H2,7,8)(H,9,10);1-2H3. The fourth-order valence-electron chi connectivity index (χ4n) is 0.525. The van der Waals surface area contributed by atoms with Gasteiger partial charge in [-0.2, -0.15) is 5.10 Å². The molecule has 1 aromatic heterocycles. The minimum Gasteiger partial charge on any atom is -0.394 e. The van der Waals surface area contributed by atoms with Crippen LogP contribution in [0.3, 0.4) is 0 Å². The molecule has 0 amide bonds. The summed E-state index contributed by atoms with van der Waals surface area (Å²) in [5.74, 6) is 0. The number of aromatic amines is 1. The van der Waals surface area contributed by atoms with Gasteiger partial charge in [0.15, 0.2) is 5.15 Å². The Morgan fingerprint density at radius 1 is 1.50 bits per heavy atom. The Hall–Kier alpha value is -1.03. The van der Waals surface area contributed by atoms with Gasteiger partial charge in [-0.3, -0.25) is 4.79 Å². The molecular weight excluding hydrogens is 178 g/mol. The zero-order valence-electron chi connectivity index (χ0n) is 7.31. The number of nitrogens with two attached hydrogens (primary N) is 1. The normalized spacial score (nSPS) is 8.67. The van der Waals surface area contributed by atoms with Crippen LogP contribution >= 0.6 is 11.6 Å². The van der Waals surface area contributed by atoms with Crippen molar-refractivity contribution in [3.8, 4) is 0 Å². The SMILES string of the molecule is CC.Cc1c(Cl)n[nH]c(=O)c1N. The van der Waals surface area contributed by atoms with Crippen LogP contribution < -0.4 is 11.3 Å². The van der Waals surface area contributed by atoms with Gasteiger partial charge in [-0.15, -0.1) is 0 Å². The fraction of sp³-hybridized carbons (Fsp3) is 0.429. The molecule has 4 nitrogen and oxygen atoms in total. The molecule has 1 aromatic rings. The van der Waals surface area contributed by atoms with Crippen molar-refractivity contribution in [3.05, 3.63) is 21.1 Å². The fourth-order valence-corrected chi connectivity index (χ4v) is 0.669. The largest absolute Gasteiger partial charge is 0.394 e. The first kappa shape index (κ1) is 11.0. The van der Waals surface area contributed by atoms with E-state index in [1.807, 2.05) is 13.8 Å². The van der Waals surface area contributed by atoms with Crippen LogP contribution in [0.5, 0.6) is 0 Å². The minimum atomic E-state index is -0.401. The van der Waals surface area contributed by atoms with Crippen LogP contribution in [0, 0.1) is 6.92 Å². The molecule has 0 aliphatic heterocycles. The number of aromatic nitrogens is 2. The van der Waals surface area contributed by atoms with Crippen molar-refractivity contribution in [1.82, 2.24) is 10.2 Å². The van der Waals surface area contributed by atoms with E-state index in [2.05, 4.69) is 10.2 Å². The van der Waals surface area contributed by atoms with Crippen LogP contribution in [0.25, 0.3) is 0 Å². The summed E-state index contributed by atoms with van der Waals surface area (Å²) in [6.45, 7) is 5.64. The molecule has 1 heterocycles. The topological polar surface area (TPSA) is 71.8 Å². The lowest BCUT2D eigenvalue weighted by atomic mass is 10.3. The molecule has 0 aromatic carbocycles. The maximum atomic E-state index is 10.7. The van der Waals surface area contributed by atoms with E-state index in [0.29, 0.717) is 5.56 Å². The third-order valence-corrected chi connectivity index (χ3v) is 1.58. The van der Waals surface area contributed by atoms with Gasteiger partial charge in [0.2, 0.25) is 0 Å². The van der Waals surface area contributed by atoms with Gasteiger partial charge in [0.05, 0.1) is 0 Å². The number of anilines is 1. The monoisotopic (exact) mass is 189 g/mol. The van der Waals surface area contributed by atoms with E-state index in [0.717, 1.165) is 0 Å². The van der Waals surface area contributed by atoms with E-state index in [9.17, 15) is 4.79 Å². The van der Waals surface area contributed by atoms with E-state index in [4.69, 9.17) is 17.3 Å². The number of nitrogens with one attached hydrogen (secondary N) is 1. The van der Waals surface area contributed by atoms with E-state index in [1.54, 1.807) is 6.92 Å². The van der Waals surface area contributed by atoms with E-state index in [1.165, 1.54) is 0 Å². The van der Waals surface area contributed by atoms with E-state index >= 15 is 0 Å². The highest BCUT2D eigenvalue weighted by Gasteiger charge is 2.02. The summed E-state index contributed by atoms with van der Waals surface area (Å²) < 4.78 is 0. The molecule has 68 valence electrons. The van der Waals surface area contributed by atoms with E-state index < -0.39 is 5.56 Å². The highest BCUT2D eigenvalue weighted by Crippen LogP contribution is 2.11. The number of nitrogen functional groups attached to an aromatic ring is 1. The molecule has 0 aliphatic carbocycles. The first-order valence-electron chi connectivity index (χ1n) is 3.63. The van der Waals surface area contributed by atoms with Gasteiger partial charge in [0.25, 0.3) is 5.56 Å². The van der Waals surface area contributed by atoms with Gasteiger partial charge in [-0.25, -0.2) is 5.10 Å². The summed E-state index contributed by atoms with van der Waals surface area (Å²) in [4.78, 5) is 10.7. The van der Waals surface area contributed by atoms with Crippen LogP contribution in [0.15, 0.2) is 4.79 Å². The molecule has 0 spiro atoms. The summed E-state index contributed by atoms with van der Waals surface area (Å²) >= 11 is 5.52. The molecule has 0 saturated heterocycles. The minimum absolute atomic E-state index is 0.125. The Morgan fingerprint density at radius 3 is 2.42 bits per heavy atom. The molecule has 0 bridgehead atoms. The number of nitrogens with zero attached hydrogens (tertiary/aromatic N) is 1. The van der Waals surface area contributed by atoms with Crippen LogP contribution in [-0.2, 0) is 0 Å². The lowest BCUT2D eigenvalue weighted by Gasteiger charge is -1.96. The van der Waals surface area contributed by atoms with Crippen molar-refractivity contribution >= 4 is 17.3 Å². The summed E-state index contributed by atoms with van der Waals surface area (Å²) in [6, 6.07) is 0. The van der Waals surface area contributed by atoms with Crippen molar-refractivity contribution in [2.45, 2.75) is 20.8 Å². The maximum Gasteiger partial charge on any atom is 0.287 e. The summed E-state index contributed by atoms with van der Waals surface area (Å²) in [6.07, 6.45) is 0. The molecule has 1 rings (SSSR count). The molecule has 12 heavy (non-hydrogen) atoms. The molecule has 0 fully saturated rings. The Kier molecular flexibility index (Phi) is 4.36. The number of halogens is 1. The Balaban J connectivity index is 0.000000561. The van der Waals surface area contributed by atoms with Gasteiger partial charge in [-0.05, 0) is 6.92 Å². The van der Waals surface area contributed by atoms with Crippen molar-refractivity contribution in [2.75, 3.05) is 5.73 Å². The van der Waals surface area contributed by atoms with Crippen LogP contribution in [0.4, 0.5) is 5.69 Å². The van der Waals surface area contributed by atoms with Gasteiger partial charge in [-0.1, -0.05) is 25.4 Å². The summed E-state index contributed by atoms with van der Waals surface area (Å²) in [7, 11) is 0. The summed E-state index contributed by atoms with van der Waals surface area (Å²) in [5, 5.41) is 5.87. The van der Waals surface area contributed by atoms with Gasteiger partial charge < -0.3 is 5.73 Å². The average Bonchev–Trinajstić information content (AvgIpc) is 2.12. The van der Waals surface area contributed by atoms with Crippen LogP contribution in [-0.4, -0.2) is 10.2 Å². The predicted molar refractivity (Wildman–Crippen MR) is 50.4 cm³/mol. The lowest BCUT2D eigenvalue weighted by Crippen LogP contribution is -2.14. The van der Waals surface area contributed by atoms with E-state index in [-0.39, 0.29) is 10.8 Å². The Labute approximate surface area is 75.7 Å². The van der Waals surface area contributed by atoms with Gasteiger partial charge >= 0.3 is 0 Å². The van der Waals surface area contributed by atoms with Gasteiger partial charge in [0.1, 0.15) is 5.69 Å². The van der Waals surface area contributed by atoms with Crippen molar-refractivity contribution in [3.63, 3.8) is 0 Å². The molecule has 0 unspecified atom stereocenters. The van der Waals surface area contributed by atoms with Crippen molar-refractivity contribution in [1.29, 1.82) is 0 Å². The lowest BCUT2D eigenvalue weighted by molar-refractivity contribution is 0.980. The Bertz CT molecular complexity index is 308. The Morgan fingerprint density at radius 2 is 2.00 bits per heavy atom. The summed E-state index contributed by atoms with van der Waals surface area (Å²) in [5.41, 5.74) is 5.56. The molecule has 3 N–H and O–H groups in total. The van der Waals surface area contributed by atoms with Crippen molar-refractivity contribution in [2.24, 2.45) is 0 Å². The second-order valence-corrected chi connectivity index (χ2v) is 2.24. The second-order valence-electron chi connectivity index (χ2n) is 1.88. The molecular formula is C7H12ClN3O. The second kappa shape index (κ2) is 4.77. The zero-order valence-corrected chi connectivity index (χ0v) is 8.07. The average molecular weight is 190 g/mol. The maximum absolute atomic E-state index is 10.7. The smallest absolute Gasteiger partial charge is 0.287 e. The predicted octanol–water partition coefficient (Wildman–Crippen LogP) is 1.34. The molecule has 0 aliphatic rings. The molecule has 0 radical (unpaired) electrons. The van der Waals surface area contributed by atoms with Gasteiger partial charge in [0, 0.05) is 5.56 Å². The number of rotatable bonds is 0. The van der Waals surface area contributed by atoms with Crippen LogP contribution in [0.2, 0.25) is 5.15 Å². The first-order chi connectivity index (χ1) is 5.63. The van der Waals surface area contributed by atoms with Crippen molar-refractivity contribution < 1.29 is 0 Å². The first-order valence-corrected chi connectivity index (χ1v) is 4.01. The molecule has 5 heteroatoms. The highest BCUT2D eigenvalue weighted by molar-refractivity contribution is 6.30. The molecule has 0 saturated carbocycles. The van der Waals surface area contributed by atoms with Crippen LogP contribution in [0.1, 0.15) is 19.4 Å². The molecule has 0 atom stereocenters. The quantitative estimate of drug-likeness (QED) is 0.647. The number of H-pyrrole nitrogens is 1. The number of hydrogen-bond donors (Lipinski definition) is 2. The number of hydrogen-bond acceptors (Lipinski definition) is 3.